The maximum Gasteiger partial charge on any atom is 0.265 e. The van der Waals surface area contributed by atoms with Gasteiger partial charge < -0.3 is 4.90 Å². The lowest BCUT2D eigenvalue weighted by Gasteiger charge is -2.33. The highest BCUT2D eigenvalue weighted by atomic mass is 16.2. The Hall–Kier alpha value is -2.95. The molecule has 5 heteroatoms. The third-order valence-electron chi connectivity index (χ3n) is 5.60. The third kappa shape index (κ3) is 3.44. The van der Waals surface area contributed by atoms with Crippen LogP contribution in [0.2, 0.25) is 0 Å². The van der Waals surface area contributed by atoms with Crippen LogP contribution in [0.15, 0.2) is 53.5 Å². The molecule has 5 nitrogen and oxygen atoms in total. The number of likely N-dealkylation sites (tertiary alicyclic amines) is 1. The van der Waals surface area contributed by atoms with Crippen molar-refractivity contribution in [1.29, 1.82) is 0 Å². The van der Waals surface area contributed by atoms with Crippen LogP contribution >= 0.6 is 0 Å². The number of fused-ring (bicyclic) bond motifs is 1. The number of hydrogen-bond donors (Lipinski definition) is 0. The molecule has 1 saturated heterocycles. The summed E-state index contributed by atoms with van der Waals surface area (Å²) in [7, 11) is 0. The number of benzene rings is 1. The molecule has 1 fully saturated rings. The molecule has 1 aliphatic rings. The van der Waals surface area contributed by atoms with Crippen molar-refractivity contribution in [2.45, 2.75) is 45.7 Å². The molecule has 28 heavy (non-hydrogen) atoms. The van der Waals surface area contributed by atoms with Gasteiger partial charge in [0.05, 0.1) is 6.54 Å². The first-order valence-electron chi connectivity index (χ1n) is 9.89. The number of nitrogens with zero attached hydrogens (tertiary/aromatic N) is 3. The van der Waals surface area contributed by atoms with Gasteiger partial charge in [-0.25, -0.2) is 4.98 Å². The molecule has 1 amide bonds. The van der Waals surface area contributed by atoms with E-state index in [1.807, 2.05) is 48.2 Å². The highest BCUT2D eigenvalue weighted by Crippen LogP contribution is 2.20. The van der Waals surface area contributed by atoms with Gasteiger partial charge in [0.2, 0.25) is 0 Å². The van der Waals surface area contributed by atoms with E-state index in [2.05, 4.69) is 11.9 Å². The lowest BCUT2D eigenvalue weighted by atomic mass is 10.0. The minimum atomic E-state index is -0.269. The minimum absolute atomic E-state index is 0.163. The molecule has 0 bridgehead atoms. The number of rotatable bonds is 3. The van der Waals surface area contributed by atoms with Crippen molar-refractivity contribution in [3.63, 3.8) is 0 Å². The van der Waals surface area contributed by atoms with E-state index in [9.17, 15) is 9.59 Å². The Morgan fingerprint density at radius 3 is 2.71 bits per heavy atom. The first kappa shape index (κ1) is 18.4. The van der Waals surface area contributed by atoms with Crippen LogP contribution in [0.5, 0.6) is 0 Å². The van der Waals surface area contributed by atoms with Gasteiger partial charge in [0.15, 0.2) is 0 Å². The molecule has 1 unspecified atom stereocenters. The molecule has 1 aliphatic heterocycles. The van der Waals surface area contributed by atoms with E-state index in [4.69, 9.17) is 0 Å². The first-order valence-corrected chi connectivity index (χ1v) is 9.89. The summed E-state index contributed by atoms with van der Waals surface area (Å²) in [6.07, 6.45) is 4.78. The van der Waals surface area contributed by atoms with Crippen LogP contribution in [0.4, 0.5) is 0 Å². The van der Waals surface area contributed by atoms with Gasteiger partial charge in [-0.15, -0.1) is 0 Å². The van der Waals surface area contributed by atoms with Crippen molar-refractivity contribution >= 4 is 16.9 Å². The molecule has 0 N–H and O–H groups in total. The van der Waals surface area contributed by atoms with Crippen molar-refractivity contribution < 1.29 is 4.79 Å². The molecule has 4 rings (SSSR count). The maximum atomic E-state index is 13.3. The number of aryl methyl sites for hydroxylation is 1. The number of aromatic nitrogens is 2. The number of carbonyl (C=O) groups is 1. The second-order valence-electron chi connectivity index (χ2n) is 7.69. The molecule has 0 radical (unpaired) electrons. The van der Waals surface area contributed by atoms with Gasteiger partial charge >= 0.3 is 0 Å². The van der Waals surface area contributed by atoms with Gasteiger partial charge in [0, 0.05) is 24.2 Å². The quantitative estimate of drug-likeness (QED) is 0.700. The first-order chi connectivity index (χ1) is 13.5. The normalized spacial score (nSPS) is 17.1. The zero-order valence-electron chi connectivity index (χ0n) is 16.4. The fourth-order valence-corrected chi connectivity index (χ4v) is 3.94. The average molecular weight is 375 g/mol. The molecular weight excluding hydrogens is 350 g/mol. The van der Waals surface area contributed by atoms with Gasteiger partial charge in [0.1, 0.15) is 11.2 Å². The third-order valence-corrected chi connectivity index (χ3v) is 5.60. The number of amides is 1. The van der Waals surface area contributed by atoms with Crippen molar-refractivity contribution in [1.82, 2.24) is 14.5 Å². The number of piperidine rings is 1. The molecule has 1 atom stereocenters. The smallest absolute Gasteiger partial charge is 0.265 e. The SMILES string of the molecule is Cc1ccc(Cn2c(=O)c(C(=O)N3CCCCC3C)cc3cccnc32)cc1. The standard InChI is InChI=1S/C23H25N3O2/c1-16-8-10-18(11-9-16)15-26-21-19(7-5-12-24-21)14-20(23(26)28)22(27)25-13-4-3-6-17(25)2/h5,7-12,14,17H,3-4,6,13,15H2,1-2H3. The predicted octanol–water partition coefficient (Wildman–Crippen LogP) is 3.77. The Labute approximate surface area is 164 Å². The summed E-state index contributed by atoms with van der Waals surface area (Å²) in [4.78, 5) is 32.8. The molecule has 3 aromatic rings. The summed E-state index contributed by atoms with van der Waals surface area (Å²) >= 11 is 0. The predicted molar refractivity (Wildman–Crippen MR) is 111 cm³/mol. The van der Waals surface area contributed by atoms with Crippen LogP contribution in [0.3, 0.4) is 0 Å². The Bertz CT molecular complexity index is 1070. The molecule has 1 aromatic carbocycles. The lowest BCUT2D eigenvalue weighted by Crippen LogP contribution is -2.44. The van der Waals surface area contributed by atoms with E-state index in [1.54, 1.807) is 16.8 Å². The van der Waals surface area contributed by atoms with Crippen LogP contribution in [-0.4, -0.2) is 32.9 Å². The number of pyridine rings is 2. The van der Waals surface area contributed by atoms with Gasteiger partial charge in [-0.2, -0.15) is 0 Å². The Morgan fingerprint density at radius 1 is 1.18 bits per heavy atom. The van der Waals surface area contributed by atoms with Crippen LogP contribution in [0.25, 0.3) is 11.0 Å². The molecule has 3 heterocycles. The van der Waals surface area contributed by atoms with Gasteiger partial charge in [-0.1, -0.05) is 29.8 Å². The summed E-state index contributed by atoms with van der Waals surface area (Å²) in [6, 6.07) is 13.7. The molecule has 0 saturated carbocycles. The molecular formula is C23H25N3O2. The van der Waals surface area contributed by atoms with Crippen molar-refractivity contribution in [3.8, 4) is 0 Å². The summed E-state index contributed by atoms with van der Waals surface area (Å²) in [5, 5.41) is 0.808. The highest BCUT2D eigenvalue weighted by Gasteiger charge is 2.27. The van der Waals surface area contributed by atoms with Crippen LogP contribution in [-0.2, 0) is 6.54 Å². The molecule has 2 aromatic heterocycles. The van der Waals surface area contributed by atoms with Crippen LogP contribution in [0, 0.1) is 6.92 Å². The number of hydrogen-bond acceptors (Lipinski definition) is 3. The fourth-order valence-electron chi connectivity index (χ4n) is 3.94. The van der Waals surface area contributed by atoms with Gasteiger partial charge in [0.25, 0.3) is 11.5 Å². The van der Waals surface area contributed by atoms with Crippen LogP contribution < -0.4 is 5.56 Å². The number of carbonyl (C=O) groups excluding carboxylic acids is 1. The summed E-state index contributed by atoms with van der Waals surface area (Å²) in [5.41, 5.74) is 2.75. The summed E-state index contributed by atoms with van der Waals surface area (Å²) in [5.74, 6) is -0.166. The summed E-state index contributed by atoms with van der Waals surface area (Å²) < 4.78 is 1.63. The average Bonchev–Trinajstić information content (AvgIpc) is 2.71. The van der Waals surface area contributed by atoms with Crippen molar-refractivity contribution in [3.05, 3.63) is 75.7 Å². The van der Waals surface area contributed by atoms with Crippen LogP contribution in [0.1, 0.15) is 47.7 Å². The Balaban J connectivity index is 1.82. The zero-order valence-corrected chi connectivity index (χ0v) is 16.4. The largest absolute Gasteiger partial charge is 0.336 e. The van der Waals surface area contributed by atoms with E-state index in [0.717, 1.165) is 30.2 Å². The lowest BCUT2D eigenvalue weighted by molar-refractivity contribution is 0.0633. The Kier molecular flexibility index (Phi) is 4.99. The van der Waals surface area contributed by atoms with Crippen molar-refractivity contribution in [2.24, 2.45) is 0 Å². The minimum Gasteiger partial charge on any atom is -0.336 e. The second-order valence-corrected chi connectivity index (χ2v) is 7.69. The molecule has 0 aliphatic carbocycles. The van der Waals surface area contributed by atoms with E-state index >= 15 is 0 Å². The van der Waals surface area contributed by atoms with Gasteiger partial charge in [-0.05, 0) is 56.9 Å². The topological polar surface area (TPSA) is 55.2 Å². The van der Waals surface area contributed by atoms with E-state index < -0.39 is 0 Å². The fraction of sp³-hybridized carbons (Fsp3) is 0.348. The van der Waals surface area contributed by atoms with Gasteiger partial charge in [-0.3, -0.25) is 14.2 Å². The zero-order chi connectivity index (χ0) is 19.7. The maximum absolute atomic E-state index is 13.3. The van der Waals surface area contributed by atoms with E-state index in [-0.39, 0.29) is 23.1 Å². The second kappa shape index (κ2) is 7.58. The van der Waals surface area contributed by atoms with Crippen molar-refractivity contribution in [2.75, 3.05) is 6.54 Å². The molecule has 0 spiro atoms. The van der Waals surface area contributed by atoms with E-state index in [0.29, 0.717) is 18.7 Å². The highest BCUT2D eigenvalue weighted by molar-refractivity contribution is 5.97. The molecule has 144 valence electrons. The van der Waals surface area contributed by atoms with E-state index in [1.165, 1.54) is 5.56 Å². The summed E-state index contributed by atoms with van der Waals surface area (Å²) in [6.45, 7) is 5.20. The Morgan fingerprint density at radius 2 is 1.96 bits per heavy atom. The monoisotopic (exact) mass is 375 g/mol.